The van der Waals surface area contributed by atoms with Gasteiger partial charge in [-0.2, -0.15) is 0 Å². The molecule has 0 unspecified atom stereocenters. The molecule has 0 radical (unpaired) electrons. The van der Waals surface area contributed by atoms with E-state index in [1.807, 2.05) is 0 Å². The Labute approximate surface area is 112 Å². The highest BCUT2D eigenvalue weighted by Gasteiger charge is 2.09. The second kappa shape index (κ2) is 7.10. The molecule has 0 amide bonds. The molecule has 1 aromatic carbocycles. The van der Waals surface area contributed by atoms with Gasteiger partial charge in [-0.15, -0.1) is 0 Å². The third-order valence-electron chi connectivity index (χ3n) is 1.83. The van der Waals surface area contributed by atoms with E-state index in [4.69, 9.17) is 4.74 Å². The molecule has 0 atom stereocenters. The Morgan fingerprint density at radius 1 is 1.44 bits per heavy atom. The van der Waals surface area contributed by atoms with Gasteiger partial charge in [0.25, 0.3) is 0 Å². The van der Waals surface area contributed by atoms with E-state index in [1.165, 1.54) is 0 Å². The van der Waals surface area contributed by atoms with Crippen molar-refractivity contribution in [3.05, 3.63) is 41.7 Å². The van der Waals surface area contributed by atoms with Crippen LogP contribution in [0.1, 0.15) is 6.92 Å². The van der Waals surface area contributed by atoms with Crippen LogP contribution < -0.4 is 4.74 Å². The number of hydrogen-bond donors (Lipinski definition) is 0. The third-order valence-corrected chi connectivity index (χ3v) is 2.38. The van der Waals surface area contributed by atoms with Crippen LogP contribution in [0, 0.1) is 11.6 Å². The molecule has 0 saturated heterocycles. The molecule has 0 saturated carbocycles. The number of rotatable bonds is 5. The fraction of sp³-hybridized carbons (Fsp3) is 0.250. The SMILES string of the molecule is CCOC(=O)/C=C(\CBr)Oc1cc(F)ccc1F. The Balaban J connectivity index is 2.85. The van der Waals surface area contributed by atoms with E-state index in [9.17, 15) is 13.6 Å². The van der Waals surface area contributed by atoms with Gasteiger partial charge in [0.2, 0.25) is 0 Å². The van der Waals surface area contributed by atoms with Crippen LogP contribution in [0.2, 0.25) is 0 Å². The first kappa shape index (κ1) is 14.6. The second-order valence-electron chi connectivity index (χ2n) is 3.17. The Morgan fingerprint density at radius 2 is 2.17 bits per heavy atom. The topological polar surface area (TPSA) is 35.5 Å². The van der Waals surface area contributed by atoms with Gasteiger partial charge in [0.15, 0.2) is 11.6 Å². The smallest absolute Gasteiger partial charge is 0.334 e. The van der Waals surface area contributed by atoms with E-state index in [1.54, 1.807) is 6.92 Å². The summed E-state index contributed by atoms with van der Waals surface area (Å²) >= 11 is 3.08. The lowest BCUT2D eigenvalue weighted by Gasteiger charge is -2.08. The number of carbonyl (C=O) groups excluding carboxylic acids is 1. The lowest BCUT2D eigenvalue weighted by Crippen LogP contribution is -2.06. The number of ether oxygens (including phenoxy) is 2. The molecule has 0 fully saturated rings. The minimum atomic E-state index is -0.716. The molecule has 18 heavy (non-hydrogen) atoms. The second-order valence-corrected chi connectivity index (χ2v) is 3.73. The molecule has 0 bridgehead atoms. The molecule has 98 valence electrons. The van der Waals surface area contributed by atoms with Crippen molar-refractivity contribution in [2.45, 2.75) is 6.92 Å². The van der Waals surface area contributed by atoms with Crippen molar-refractivity contribution in [1.29, 1.82) is 0 Å². The summed E-state index contributed by atoms with van der Waals surface area (Å²) in [5.74, 6) is -2.12. The zero-order valence-electron chi connectivity index (χ0n) is 9.58. The van der Waals surface area contributed by atoms with Gasteiger partial charge in [-0.3, -0.25) is 0 Å². The van der Waals surface area contributed by atoms with Gasteiger partial charge in [-0.25, -0.2) is 13.6 Å². The number of alkyl halides is 1. The summed E-state index contributed by atoms with van der Waals surface area (Å²) in [6.07, 6.45) is 1.07. The van der Waals surface area contributed by atoms with Crippen LogP contribution in [0.25, 0.3) is 0 Å². The van der Waals surface area contributed by atoms with Crippen LogP contribution in [0.15, 0.2) is 30.0 Å². The first-order valence-corrected chi connectivity index (χ1v) is 6.25. The van der Waals surface area contributed by atoms with Gasteiger partial charge in [0, 0.05) is 6.07 Å². The fourth-order valence-electron chi connectivity index (χ4n) is 1.11. The maximum absolute atomic E-state index is 13.3. The van der Waals surface area contributed by atoms with Gasteiger partial charge in [0.1, 0.15) is 11.6 Å². The lowest BCUT2D eigenvalue weighted by molar-refractivity contribution is -0.137. The van der Waals surface area contributed by atoms with E-state index in [2.05, 4.69) is 20.7 Å². The van der Waals surface area contributed by atoms with Crippen LogP contribution in [-0.2, 0) is 9.53 Å². The van der Waals surface area contributed by atoms with Crippen molar-refractivity contribution >= 4 is 21.9 Å². The molecule has 0 heterocycles. The molecule has 0 N–H and O–H groups in total. The van der Waals surface area contributed by atoms with Crippen LogP contribution in [0.5, 0.6) is 5.75 Å². The number of esters is 1. The van der Waals surface area contributed by atoms with Crippen LogP contribution in [0.3, 0.4) is 0 Å². The predicted molar refractivity (Wildman–Crippen MR) is 65.5 cm³/mol. The summed E-state index contributed by atoms with van der Waals surface area (Å²) in [4.78, 5) is 11.2. The van der Waals surface area contributed by atoms with E-state index in [-0.39, 0.29) is 23.4 Å². The molecule has 3 nitrogen and oxygen atoms in total. The van der Waals surface area contributed by atoms with Crippen LogP contribution in [-0.4, -0.2) is 17.9 Å². The van der Waals surface area contributed by atoms with Gasteiger partial charge in [-0.1, -0.05) is 15.9 Å². The Morgan fingerprint density at radius 3 is 2.78 bits per heavy atom. The lowest BCUT2D eigenvalue weighted by atomic mass is 10.3. The molecule has 0 aliphatic heterocycles. The molecule has 0 spiro atoms. The number of benzene rings is 1. The number of carbonyl (C=O) groups is 1. The fourth-order valence-corrected chi connectivity index (χ4v) is 1.38. The Hall–Kier alpha value is -1.43. The van der Waals surface area contributed by atoms with E-state index in [0.29, 0.717) is 0 Å². The van der Waals surface area contributed by atoms with Gasteiger partial charge in [-0.05, 0) is 19.1 Å². The zero-order valence-corrected chi connectivity index (χ0v) is 11.2. The first-order chi connectivity index (χ1) is 8.56. The minimum Gasteiger partial charge on any atom is -0.463 e. The highest BCUT2D eigenvalue weighted by Crippen LogP contribution is 2.21. The quantitative estimate of drug-likeness (QED) is 0.362. The van der Waals surface area contributed by atoms with Crippen LogP contribution >= 0.6 is 15.9 Å². The predicted octanol–water partition coefficient (Wildman–Crippen LogP) is 3.19. The van der Waals surface area contributed by atoms with Crippen molar-refractivity contribution < 1.29 is 23.0 Å². The average Bonchev–Trinajstić information content (AvgIpc) is 2.33. The van der Waals surface area contributed by atoms with Crippen molar-refractivity contribution in [3.8, 4) is 5.75 Å². The molecule has 0 aliphatic carbocycles. The standard InChI is InChI=1S/C12H11BrF2O3/c1-2-17-12(16)6-9(7-13)18-11-5-8(14)3-4-10(11)15/h3-6H,2,7H2,1H3/b9-6+. The maximum atomic E-state index is 13.3. The van der Waals surface area contributed by atoms with Crippen molar-refractivity contribution in [1.82, 2.24) is 0 Å². The summed E-state index contributed by atoms with van der Waals surface area (Å²) in [7, 11) is 0. The number of halogens is 3. The molecular weight excluding hydrogens is 310 g/mol. The minimum absolute atomic E-state index is 0.123. The number of hydrogen-bond acceptors (Lipinski definition) is 3. The molecular formula is C12H11BrF2O3. The summed E-state index contributed by atoms with van der Waals surface area (Å²) in [5.41, 5.74) is 0. The third kappa shape index (κ3) is 4.44. The van der Waals surface area contributed by atoms with Gasteiger partial charge < -0.3 is 9.47 Å². The van der Waals surface area contributed by atoms with Crippen LogP contribution in [0.4, 0.5) is 8.78 Å². The summed E-state index contributed by atoms with van der Waals surface area (Å²) in [5, 5.41) is 0.168. The van der Waals surface area contributed by atoms with Gasteiger partial charge in [0.05, 0.1) is 18.0 Å². The molecule has 1 rings (SSSR count). The molecule has 6 heteroatoms. The zero-order chi connectivity index (χ0) is 13.5. The molecule has 0 aliphatic rings. The van der Waals surface area contributed by atoms with Crippen molar-refractivity contribution in [3.63, 3.8) is 0 Å². The van der Waals surface area contributed by atoms with E-state index in [0.717, 1.165) is 24.3 Å². The average molecular weight is 321 g/mol. The highest BCUT2D eigenvalue weighted by molar-refractivity contribution is 9.09. The van der Waals surface area contributed by atoms with Crippen molar-refractivity contribution in [2.75, 3.05) is 11.9 Å². The normalized spacial score (nSPS) is 11.2. The molecule has 0 aromatic heterocycles. The molecule has 1 aromatic rings. The monoisotopic (exact) mass is 320 g/mol. The Bertz CT molecular complexity index is 461. The highest BCUT2D eigenvalue weighted by atomic mass is 79.9. The largest absolute Gasteiger partial charge is 0.463 e. The maximum Gasteiger partial charge on any atom is 0.334 e. The number of allylic oxidation sites excluding steroid dienone is 1. The summed E-state index contributed by atoms with van der Waals surface area (Å²) < 4.78 is 36.0. The first-order valence-electron chi connectivity index (χ1n) is 5.13. The van der Waals surface area contributed by atoms with Crippen molar-refractivity contribution in [2.24, 2.45) is 0 Å². The van der Waals surface area contributed by atoms with E-state index >= 15 is 0 Å². The summed E-state index contributed by atoms with van der Waals surface area (Å²) in [6, 6.07) is 2.82. The summed E-state index contributed by atoms with van der Waals surface area (Å²) in [6.45, 7) is 1.88. The van der Waals surface area contributed by atoms with Gasteiger partial charge >= 0.3 is 5.97 Å². The van der Waals surface area contributed by atoms with E-state index < -0.39 is 17.6 Å². The Kier molecular flexibility index (Phi) is 5.77.